The van der Waals surface area contributed by atoms with E-state index in [-0.39, 0.29) is 25.0 Å². The van der Waals surface area contributed by atoms with Gasteiger partial charge >= 0.3 is 0 Å². The summed E-state index contributed by atoms with van der Waals surface area (Å²) < 4.78 is 5.71. The van der Waals surface area contributed by atoms with E-state index in [1.54, 1.807) is 11.3 Å². The molecular weight excluding hydrogens is 324 g/mol. The summed E-state index contributed by atoms with van der Waals surface area (Å²) in [7, 11) is 1.88. The number of carbonyl (C=O) groups excluding carboxylic acids is 1. The molecule has 0 atom stereocenters. The first-order valence-corrected chi connectivity index (χ1v) is 9.38. The SMILES string of the molecule is Cc1oc(-c2ccsc2)nc1CC(=O)N(C)C1CCC(CO)CC1. The predicted octanol–water partition coefficient (Wildman–Crippen LogP) is 3.26. The van der Waals surface area contributed by atoms with Gasteiger partial charge in [-0.25, -0.2) is 4.98 Å². The molecule has 0 aromatic carbocycles. The number of thiophene rings is 1. The van der Waals surface area contributed by atoms with Crippen LogP contribution in [0.15, 0.2) is 21.2 Å². The van der Waals surface area contributed by atoms with E-state index in [0.29, 0.717) is 17.6 Å². The minimum Gasteiger partial charge on any atom is -0.441 e. The van der Waals surface area contributed by atoms with Gasteiger partial charge in [-0.05, 0) is 50.0 Å². The first-order chi connectivity index (χ1) is 11.6. The fourth-order valence-electron chi connectivity index (χ4n) is 3.29. The molecule has 24 heavy (non-hydrogen) atoms. The second-order valence-corrected chi connectivity index (χ2v) is 7.35. The van der Waals surface area contributed by atoms with Crippen LogP contribution in [0.3, 0.4) is 0 Å². The number of likely N-dealkylation sites (N-methyl/N-ethyl adjacent to an activating group) is 1. The number of aliphatic hydroxyl groups is 1. The van der Waals surface area contributed by atoms with E-state index in [2.05, 4.69) is 4.98 Å². The second-order valence-electron chi connectivity index (χ2n) is 6.57. The van der Waals surface area contributed by atoms with Crippen LogP contribution in [0.25, 0.3) is 11.5 Å². The van der Waals surface area contributed by atoms with Crippen LogP contribution in [-0.2, 0) is 11.2 Å². The molecule has 0 spiro atoms. The van der Waals surface area contributed by atoms with Gasteiger partial charge in [-0.3, -0.25) is 4.79 Å². The molecule has 1 N–H and O–H groups in total. The molecule has 1 aliphatic rings. The zero-order chi connectivity index (χ0) is 17.1. The van der Waals surface area contributed by atoms with Gasteiger partial charge in [0.1, 0.15) is 5.76 Å². The molecule has 2 aromatic heterocycles. The molecule has 1 amide bonds. The molecule has 0 bridgehead atoms. The number of oxazole rings is 1. The second kappa shape index (κ2) is 7.49. The quantitative estimate of drug-likeness (QED) is 0.900. The van der Waals surface area contributed by atoms with Crippen molar-refractivity contribution in [2.24, 2.45) is 5.92 Å². The van der Waals surface area contributed by atoms with Gasteiger partial charge in [0.05, 0.1) is 12.1 Å². The number of hydrogen-bond donors (Lipinski definition) is 1. The number of hydrogen-bond acceptors (Lipinski definition) is 5. The van der Waals surface area contributed by atoms with Crippen LogP contribution in [0, 0.1) is 12.8 Å². The van der Waals surface area contributed by atoms with E-state index < -0.39 is 0 Å². The molecular formula is C18H24N2O3S. The van der Waals surface area contributed by atoms with Crippen molar-refractivity contribution in [1.82, 2.24) is 9.88 Å². The molecule has 1 fully saturated rings. The molecule has 3 rings (SSSR count). The summed E-state index contributed by atoms with van der Waals surface area (Å²) in [5, 5.41) is 13.2. The molecule has 0 saturated heterocycles. The maximum absolute atomic E-state index is 12.6. The van der Waals surface area contributed by atoms with Crippen LogP contribution in [0.4, 0.5) is 0 Å². The van der Waals surface area contributed by atoms with E-state index in [4.69, 9.17) is 4.42 Å². The van der Waals surface area contributed by atoms with Crippen molar-refractivity contribution in [3.05, 3.63) is 28.3 Å². The molecule has 0 radical (unpaired) electrons. The van der Waals surface area contributed by atoms with Gasteiger partial charge in [0.15, 0.2) is 0 Å². The molecule has 1 aliphatic carbocycles. The minimum atomic E-state index is 0.0794. The van der Waals surface area contributed by atoms with Gasteiger partial charge in [0.25, 0.3) is 0 Å². The number of aryl methyl sites for hydroxylation is 1. The van der Waals surface area contributed by atoms with Crippen molar-refractivity contribution < 1.29 is 14.3 Å². The van der Waals surface area contributed by atoms with Gasteiger partial charge in [-0.1, -0.05) is 0 Å². The standard InChI is InChI=1S/C18H24N2O3S/c1-12-16(19-18(23-12)14-7-8-24-11-14)9-17(22)20(2)15-5-3-13(10-21)4-6-15/h7-8,11,13,15,21H,3-6,9-10H2,1-2H3. The van der Waals surface area contributed by atoms with Crippen molar-refractivity contribution in [2.75, 3.05) is 13.7 Å². The third kappa shape index (κ3) is 3.70. The van der Waals surface area contributed by atoms with Gasteiger partial charge < -0.3 is 14.4 Å². The molecule has 5 nitrogen and oxygen atoms in total. The van der Waals surface area contributed by atoms with Crippen LogP contribution in [-0.4, -0.2) is 40.6 Å². The third-order valence-corrected chi connectivity index (χ3v) is 5.68. The van der Waals surface area contributed by atoms with Gasteiger partial charge in [-0.2, -0.15) is 11.3 Å². The van der Waals surface area contributed by atoms with Crippen molar-refractivity contribution >= 4 is 17.2 Å². The lowest BCUT2D eigenvalue weighted by Gasteiger charge is -2.34. The minimum absolute atomic E-state index is 0.0794. The Kier molecular flexibility index (Phi) is 5.36. The Balaban J connectivity index is 1.62. The zero-order valence-corrected chi connectivity index (χ0v) is 15.0. The molecule has 0 unspecified atom stereocenters. The lowest BCUT2D eigenvalue weighted by Crippen LogP contribution is -2.40. The van der Waals surface area contributed by atoms with Crippen LogP contribution in [0.1, 0.15) is 37.1 Å². The lowest BCUT2D eigenvalue weighted by molar-refractivity contribution is -0.132. The zero-order valence-electron chi connectivity index (χ0n) is 14.2. The summed E-state index contributed by atoms with van der Waals surface area (Å²) >= 11 is 1.60. The monoisotopic (exact) mass is 348 g/mol. The van der Waals surface area contributed by atoms with Crippen LogP contribution in [0.2, 0.25) is 0 Å². The Labute approximate surface area is 146 Å². The smallest absolute Gasteiger partial charge is 0.228 e. The molecule has 0 aliphatic heterocycles. The highest BCUT2D eigenvalue weighted by Gasteiger charge is 2.27. The molecule has 1 saturated carbocycles. The fourth-order valence-corrected chi connectivity index (χ4v) is 3.92. The Morgan fingerprint density at radius 2 is 2.17 bits per heavy atom. The fraction of sp³-hybridized carbons (Fsp3) is 0.556. The summed E-state index contributed by atoms with van der Waals surface area (Å²) in [6, 6.07) is 2.23. The van der Waals surface area contributed by atoms with Gasteiger partial charge in [-0.15, -0.1) is 0 Å². The Morgan fingerprint density at radius 3 is 2.79 bits per heavy atom. The first-order valence-electron chi connectivity index (χ1n) is 8.44. The number of nitrogens with zero attached hydrogens (tertiary/aromatic N) is 2. The average Bonchev–Trinajstić information content (AvgIpc) is 3.24. The summed E-state index contributed by atoms with van der Waals surface area (Å²) in [6.07, 6.45) is 4.18. The summed E-state index contributed by atoms with van der Waals surface area (Å²) in [6.45, 7) is 2.12. The van der Waals surface area contributed by atoms with E-state index in [9.17, 15) is 9.90 Å². The van der Waals surface area contributed by atoms with E-state index in [1.165, 1.54) is 0 Å². The molecule has 6 heteroatoms. The number of carbonyl (C=O) groups is 1. The van der Waals surface area contributed by atoms with Gasteiger partial charge in [0, 0.05) is 30.6 Å². The topological polar surface area (TPSA) is 66.6 Å². The lowest BCUT2D eigenvalue weighted by atomic mass is 9.86. The van der Waals surface area contributed by atoms with Crippen molar-refractivity contribution in [1.29, 1.82) is 0 Å². The molecule has 2 heterocycles. The van der Waals surface area contributed by atoms with E-state index in [1.807, 2.05) is 35.7 Å². The molecule has 2 aromatic rings. The number of rotatable bonds is 5. The van der Waals surface area contributed by atoms with Crippen molar-refractivity contribution in [3.8, 4) is 11.5 Å². The Morgan fingerprint density at radius 1 is 1.42 bits per heavy atom. The number of aliphatic hydroxyl groups excluding tert-OH is 1. The maximum atomic E-state index is 12.6. The summed E-state index contributed by atoms with van der Waals surface area (Å²) in [5.41, 5.74) is 1.68. The number of amides is 1. The predicted molar refractivity (Wildman–Crippen MR) is 93.9 cm³/mol. The normalized spacial score (nSPS) is 21.0. The third-order valence-electron chi connectivity index (χ3n) is 5.00. The van der Waals surface area contributed by atoms with Crippen LogP contribution < -0.4 is 0 Å². The van der Waals surface area contributed by atoms with Crippen molar-refractivity contribution in [3.63, 3.8) is 0 Å². The highest BCUT2D eigenvalue weighted by atomic mass is 32.1. The van der Waals surface area contributed by atoms with Crippen molar-refractivity contribution in [2.45, 2.75) is 45.1 Å². The summed E-state index contributed by atoms with van der Waals surface area (Å²) in [4.78, 5) is 19.0. The first kappa shape index (κ1) is 17.2. The average molecular weight is 348 g/mol. The van der Waals surface area contributed by atoms with Crippen LogP contribution >= 0.6 is 11.3 Å². The van der Waals surface area contributed by atoms with E-state index in [0.717, 1.165) is 36.9 Å². The highest BCUT2D eigenvalue weighted by Crippen LogP contribution is 2.28. The van der Waals surface area contributed by atoms with Crippen LogP contribution in [0.5, 0.6) is 0 Å². The highest BCUT2D eigenvalue weighted by molar-refractivity contribution is 7.08. The maximum Gasteiger partial charge on any atom is 0.228 e. The Hall–Kier alpha value is -1.66. The van der Waals surface area contributed by atoms with Gasteiger partial charge in [0.2, 0.25) is 11.8 Å². The largest absolute Gasteiger partial charge is 0.441 e. The molecule has 130 valence electrons. The Bertz CT molecular complexity index is 673. The number of aromatic nitrogens is 1. The van der Waals surface area contributed by atoms with E-state index >= 15 is 0 Å². The summed E-state index contributed by atoms with van der Waals surface area (Å²) in [5.74, 6) is 1.77.